The summed E-state index contributed by atoms with van der Waals surface area (Å²) in [5, 5.41) is 12.0. The van der Waals surface area contributed by atoms with E-state index in [1.54, 1.807) is 0 Å². The molecule has 0 unspecified atom stereocenters. The number of nitrogens with zero attached hydrogens (tertiary/aromatic N) is 2. The van der Waals surface area contributed by atoms with E-state index in [9.17, 15) is 0 Å². The van der Waals surface area contributed by atoms with Crippen molar-refractivity contribution >= 4 is 0 Å². The molecule has 1 aromatic heterocycles. The summed E-state index contributed by atoms with van der Waals surface area (Å²) in [6.07, 6.45) is 11.3. The van der Waals surface area contributed by atoms with E-state index in [0.717, 1.165) is 38.9 Å². The lowest BCUT2D eigenvalue weighted by molar-refractivity contribution is 0.282. The van der Waals surface area contributed by atoms with Crippen molar-refractivity contribution in [1.29, 1.82) is 0 Å². The molecule has 0 radical (unpaired) electrons. The molecule has 0 aliphatic carbocycles. The van der Waals surface area contributed by atoms with E-state index in [4.69, 9.17) is 5.11 Å². The highest BCUT2D eigenvalue weighted by Gasteiger charge is 1.91. The normalized spacial score (nSPS) is 10.8. The third kappa shape index (κ3) is 6.58. The minimum Gasteiger partial charge on any atom is -0.396 e. The summed E-state index contributed by atoms with van der Waals surface area (Å²) in [6, 6.07) is 0. The van der Waals surface area contributed by atoms with E-state index in [0.29, 0.717) is 6.61 Å². The predicted molar refractivity (Wildman–Crippen MR) is 65.3 cm³/mol. The van der Waals surface area contributed by atoms with Crippen LogP contribution in [0.25, 0.3) is 0 Å². The van der Waals surface area contributed by atoms with Gasteiger partial charge in [-0.3, -0.25) is 0 Å². The van der Waals surface area contributed by atoms with Crippen LogP contribution in [0.2, 0.25) is 0 Å². The first-order valence-corrected chi connectivity index (χ1v) is 6.21. The second-order valence-corrected chi connectivity index (χ2v) is 4.04. The highest BCUT2D eigenvalue weighted by atomic mass is 16.2. The Kier molecular flexibility index (Phi) is 7.72. The first-order valence-electron chi connectivity index (χ1n) is 6.21. The van der Waals surface area contributed by atoms with Gasteiger partial charge in [0.05, 0.1) is 6.33 Å². The van der Waals surface area contributed by atoms with Crippen molar-refractivity contribution in [3.8, 4) is 0 Å². The van der Waals surface area contributed by atoms with Crippen LogP contribution in [0.1, 0.15) is 32.1 Å². The van der Waals surface area contributed by atoms with Crippen molar-refractivity contribution in [2.45, 2.75) is 38.6 Å². The molecule has 0 saturated carbocycles. The van der Waals surface area contributed by atoms with Gasteiger partial charge in [-0.25, -0.2) is 4.98 Å². The number of nitrogens with one attached hydrogen (secondary N) is 1. The molecule has 0 aliphatic rings. The lowest BCUT2D eigenvalue weighted by Crippen LogP contribution is -2.18. The van der Waals surface area contributed by atoms with Crippen LogP contribution in [0, 0.1) is 0 Å². The van der Waals surface area contributed by atoms with Gasteiger partial charge in [-0.15, -0.1) is 0 Å². The molecule has 1 heterocycles. The van der Waals surface area contributed by atoms with Gasteiger partial charge in [0, 0.05) is 25.5 Å². The van der Waals surface area contributed by atoms with Gasteiger partial charge in [0.25, 0.3) is 0 Å². The van der Waals surface area contributed by atoms with Crippen LogP contribution >= 0.6 is 0 Å². The summed E-state index contributed by atoms with van der Waals surface area (Å²) in [5.74, 6) is 0. The molecule has 1 rings (SSSR count). The Bertz CT molecular complexity index is 236. The van der Waals surface area contributed by atoms with Crippen molar-refractivity contribution in [3.05, 3.63) is 18.7 Å². The number of unbranched alkanes of at least 4 members (excludes halogenated alkanes) is 3. The molecule has 4 heteroatoms. The van der Waals surface area contributed by atoms with Crippen LogP contribution in [-0.4, -0.2) is 34.4 Å². The molecule has 2 N–H and O–H groups in total. The first kappa shape index (κ1) is 13.2. The zero-order valence-corrected chi connectivity index (χ0v) is 9.94. The molecule has 0 bridgehead atoms. The van der Waals surface area contributed by atoms with Gasteiger partial charge in [-0.05, 0) is 32.4 Å². The Morgan fingerprint density at radius 2 is 1.88 bits per heavy atom. The van der Waals surface area contributed by atoms with Crippen LogP contribution in [-0.2, 0) is 6.54 Å². The fourth-order valence-electron chi connectivity index (χ4n) is 1.65. The number of hydrogen-bond donors (Lipinski definition) is 2. The van der Waals surface area contributed by atoms with Crippen molar-refractivity contribution in [2.24, 2.45) is 0 Å². The van der Waals surface area contributed by atoms with Crippen LogP contribution in [0.5, 0.6) is 0 Å². The van der Waals surface area contributed by atoms with Crippen molar-refractivity contribution in [2.75, 3.05) is 19.7 Å². The maximum atomic E-state index is 8.61. The number of aromatic nitrogens is 2. The van der Waals surface area contributed by atoms with E-state index in [1.807, 2.05) is 18.7 Å². The minimum absolute atomic E-state index is 0.332. The van der Waals surface area contributed by atoms with Crippen LogP contribution in [0.4, 0.5) is 0 Å². The Labute approximate surface area is 97.7 Å². The number of aliphatic hydroxyl groups excluding tert-OH is 1. The van der Waals surface area contributed by atoms with Crippen LogP contribution in [0.3, 0.4) is 0 Å². The molecule has 0 spiro atoms. The highest BCUT2D eigenvalue weighted by molar-refractivity contribution is 4.73. The minimum atomic E-state index is 0.332. The van der Waals surface area contributed by atoms with Crippen LogP contribution in [0.15, 0.2) is 18.7 Å². The number of imidazole rings is 1. The van der Waals surface area contributed by atoms with Crippen molar-refractivity contribution < 1.29 is 5.11 Å². The molecule has 92 valence electrons. The largest absolute Gasteiger partial charge is 0.396 e. The van der Waals surface area contributed by atoms with E-state index in [1.165, 1.54) is 12.8 Å². The lowest BCUT2D eigenvalue weighted by Gasteiger charge is -2.05. The molecule has 0 aromatic carbocycles. The smallest absolute Gasteiger partial charge is 0.0945 e. The average molecular weight is 225 g/mol. The van der Waals surface area contributed by atoms with Crippen LogP contribution < -0.4 is 5.32 Å². The van der Waals surface area contributed by atoms with E-state index in [2.05, 4.69) is 14.9 Å². The lowest BCUT2D eigenvalue weighted by atomic mass is 10.2. The summed E-state index contributed by atoms with van der Waals surface area (Å²) >= 11 is 0. The molecule has 4 nitrogen and oxygen atoms in total. The Balaban J connectivity index is 1.78. The van der Waals surface area contributed by atoms with Gasteiger partial charge in [-0.1, -0.05) is 12.8 Å². The molecule has 1 aromatic rings. The number of rotatable bonds is 10. The second kappa shape index (κ2) is 9.36. The quantitative estimate of drug-likeness (QED) is 0.592. The van der Waals surface area contributed by atoms with Crippen molar-refractivity contribution in [3.63, 3.8) is 0 Å². The van der Waals surface area contributed by atoms with E-state index in [-0.39, 0.29) is 0 Å². The molecule has 0 fully saturated rings. The Hall–Kier alpha value is -0.870. The van der Waals surface area contributed by atoms with Gasteiger partial charge >= 0.3 is 0 Å². The first-order chi connectivity index (χ1) is 7.93. The maximum Gasteiger partial charge on any atom is 0.0945 e. The van der Waals surface area contributed by atoms with Gasteiger partial charge in [0.1, 0.15) is 0 Å². The number of hydrogen-bond acceptors (Lipinski definition) is 3. The van der Waals surface area contributed by atoms with Crippen molar-refractivity contribution in [1.82, 2.24) is 14.9 Å². The summed E-state index contributed by atoms with van der Waals surface area (Å²) in [4.78, 5) is 4.00. The summed E-state index contributed by atoms with van der Waals surface area (Å²) in [5.41, 5.74) is 0. The SMILES string of the molecule is OCCCCCCNCCCn1ccnc1. The predicted octanol–water partition coefficient (Wildman–Crippen LogP) is 1.42. The summed E-state index contributed by atoms with van der Waals surface area (Å²) in [6.45, 7) is 3.53. The number of aliphatic hydroxyl groups is 1. The molecule has 0 aliphatic heterocycles. The average Bonchev–Trinajstić information content (AvgIpc) is 2.80. The zero-order valence-electron chi connectivity index (χ0n) is 9.94. The summed E-state index contributed by atoms with van der Waals surface area (Å²) in [7, 11) is 0. The molecule has 16 heavy (non-hydrogen) atoms. The van der Waals surface area contributed by atoms with Gasteiger partial charge in [0.2, 0.25) is 0 Å². The molecular formula is C12H23N3O. The van der Waals surface area contributed by atoms with E-state index < -0.39 is 0 Å². The maximum absolute atomic E-state index is 8.61. The van der Waals surface area contributed by atoms with E-state index >= 15 is 0 Å². The molecule has 0 atom stereocenters. The monoisotopic (exact) mass is 225 g/mol. The third-order valence-corrected chi connectivity index (χ3v) is 2.59. The fraction of sp³-hybridized carbons (Fsp3) is 0.750. The van der Waals surface area contributed by atoms with Gasteiger partial charge < -0.3 is 15.0 Å². The fourth-order valence-corrected chi connectivity index (χ4v) is 1.65. The standard InChI is InChI=1S/C12H23N3O/c16-11-4-2-1-3-6-13-7-5-9-15-10-8-14-12-15/h8,10,12-13,16H,1-7,9,11H2. The Morgan fingerprint density at radius 1 is 1.06 bits per heavy atom. The molecule has 0 amide bonds. The second-order valence-electron chi connectivity index (χ2n) is 4.04. The highest BCUT2D eigenvalue weighted by Crippen LogP contribution is 1.97. The summed E-state index contributed by atoms with van der Waals surface area (Å²) < 4.78 is 2.10. The molecular weight excluding hydrogens is 202 g/mol. The van der Waals surface area contributed by atoms with Gasteiger partial charge in [0.15, 0.2) is 0 Å². The molecule has 0 saturated heterocycles. The Morgan fingerprint density at radius 3 is 2.62 bits per heavy atom. The zero-order chi connectivity index (χ0) is 11.5. The number of aryl methyl sites for hydroxylation is 1. The topological polar surface area (TPSA) is 50.1 Å². The van der Waals surface area contributed by atoms with Gasteiger partial charge in [-0.2, -0.15) is 0 Å². The third-order valence-electron chi connectivity index (χ3n) is 2.59.